The zero-order valence-electron chi connectivity index (χ0n) is 18.1. The third kappa shape index (κ3) is 4.97. The van der Waals surface area contributed by atoms with Gasteiger partial charge in [0, 0.05) is 41.9 Å². The summed E-state index contributed by atoms with van der Waals surface area (Å²) in [6.07, 6.45) is -6.26. The standard InChI is InChI=1S/C23H22F6N4O/c1-33(15-10-19(22(24,25)26)32-20(11-15)23(27,28)29)14-8-6-13(7-9-14)31-21(34)17-12-30-18-5-3-2-4-16(17)18/h2-5,10-14,30H,6-9H2,1H3,(H,31,34)/t13-,14+. The molecule has 0 unspecified atom stereocenters. The number of nitrogens with one attached hydrogen (secondary N) is 2. The molecule has 2 N–H and O–H groups in total. The number of fused-ring (bicyclic) bond motifs is 1. The summed E-state index contributed by atoms with van der Waals surface area (Å²) in [5.41, 5.74) is -1.99. The van der Waals surface area contributed by atoms with Crippen molar-refractivity contribution < 1.29 is 31.1 Å². The van der Waals surface area contributed by atoms with E-state index in [1.165, 1.54) is 11.9 Å². The van der Waals surface area contributed by atoms with E-state index < -0.39 is 23.7 Å². The summed E-state index contributed by atoms with van der Waals surface area (Å²) in [6, 6.07) is 8.26. The van der Waals surface area contributed by atoms with Gasteiger partial charge in [-0.25, -0.2) is 4.98 Å². The van der Waals surface area contributed by atoms with Crippen molar-refractivity contribution in [3.63, 3.8) is 0 Å². The van der Waals surface area contributed by atoms with E-state index in [0.29, 0.717) is 43.4 Å². The number of rotatable bonds is 4. The van der Waals surface area contributed by atoms with E-state index in [0.717, 1.165) is 10.9 Å². The Balaban J connectivity index is 1.43. The van der Waals surface area contributed by atoms with Crippen LogP contribution in [0, 0.1) is 0 Å². The van der Waals surface area contributed by atoms with Gasteiger partial charge < -0.3 is 15.2 Å². The maximum Gasteiger partial charge on any atom is 0.433 e. The number of aromatic nitrogens is 2. The molecule has 182 valence electrons. The molecule has 0 spiro atoms. The van der Waals surface area contributed by atoms with Gasteiger partial charge in [-0.05, 0) is 43.9 Å². The summed E-state index contributed by atoms with van der Waals surface area (Å²) < 4.78 is 78.8. The van der Waals surface area contributed by atoms with E-state index >= 15 is 0 Å². The molecule has 34 heavy (non-hydrogen) atoms. The molecule has 1 saturated carbocycles. The maximum atomic E-state index is 13.1. The Morgan fingerprint density at radius 3 is 2.18 bits per heavy atom. The minimum absolute atomic E-state index is 0.139. The summed E-state index contributed by atoms with van der Waals surface area (Å²) in [7, 11) is 1.48. The molecule has 1 amide bonds. The summed E-state index contributed by atoms with van der Waals surface area (Å²) in [6.45, 7) is 0. The van der Waals surface area contributed by atoms with Gasteiger partial charge in [-0.15, -0.1) is 0 Å². The molecule has 2 heterocycles. The molecule has 1 fully saturated rings. The monoisotopic (exact) mass is 484 g/mol. The molecule has 1 aromatic carbocycles. The zero-order chi connectivity index (χ0) is 24.7. The molecule has 5 nitrogen and oxygen atoms in total. The van der Waals surface area contributed by atoms with Crippen LogP contribution in [-0.2, 0) is 12.4 Å². The topological polar surface area (TPSA) is 61.0 Å². The van der Waals surface area contributed by atoms with Crippen molar-refractivity contribution in [3.05, 3.63) is 59.5 Å². The van der Waals surface area contributed by atoms with Gasteiger partial charge >= 0.3 is 12.4 Å². The highest BCUT2D eigenvalue weighted by atomic mass is 19.4. The number of nitrogens with zero attached hydrogens (tertiary/aromatic N) is 2. The van der Waals surface area contributed by atoms with Gasteiger partial charge in [-0.3, -0.25) is 4.79 Å². The van der Waals surface area contributed by atoms with Crippen molar-refractivity contribution in [2.24, 2.45) is 0 Å². The van der Waals surface area contributed by atoms with Crippen molar-refractivity contribution >= 4 is 22.5 Å². The lowest BCUT2D eigenvalue weighted by atomic mass is 9.90. The average Bonchev–Trinajstić information content (AvgIpc) is 3.22. The lowest BCUT2D eigenvalue weighted by molar-refractivity contribution is -0.150. The molecule has 1 aliphatic rings. The Kier molecular flexibility index (Phi) is 6.22. The normalized spacial score (nSPS) is 19.3. The third-order valence-corrected chi connectivity index (χ3v) is 6.21. The number of pyridine rings is 1. The molecular weight excluding hydrogens is 462 g/mol. The van der Waals surface area contributed by atoms with Crippen LogP contribution in [0.5, 0.6) is 0 Å². The van der Waals surface area contributed by atoms with E-state index in [-0.39, 0.29) is 23.7 Å². The number of aromatic amines is 1. The number of carbonyl (C=O) groups excluding carboxylic acids is 1. The summed E-state index contributed by atoms with van der Waals surface area (Å²) in [5.74, 6) is -0.229. The van der Waals surface area contributed by atoms with Crippen LogP contribution in [0.3, 0.4) is 0 Å². The van der Waals surface area contributed by atoms with E-state index in [2.05, 4.69) is 15.3 Å². The van der Waals surface area contributed by atoms with Crippen LogP contribution in [0.2, 0.25) is 0 Å². The van der Waals surface area contributed by atoms with Crippen molar-refractivity contribution in [1.29, 1.82) is 0 Å². The van der Waals surface area contributed by atoms with E-state index in [1.807, 2.05) is 24.3 Å². The fraction of sp³-hybridized carbons (Fsp3) is 0.391. The Hall–Kier alpha value is -3.24. The van der Waals surface area contributed by atoms with E-state index in [9.17, 15) is 31.1 Å². The zero-order valence-corrected chi connectivity index (χ0v) is 18.1. The maximum absolute atomic E-state index is 13.1. The first-order valence-corrected chi connectivity index (χ1v) is 10.7. The predicted molar refractivity (Wildman–Crippen MR) is 114 cm³/mol. The Morgan fingerprint density at radius 1 is 1.00 bits per heavy atom. The van der Waals surface area contributed by atoms with Gasteiger partial charge in [0.2, 0.25) is 0 Å². The fourth-order valence-electron chi connectivity index (χ4n) is 4.35. The summed E-state index contributed by atoms with van der Waals surface area (Å²) in [4.78, 5) is 20.0. The minimum atomic E-state index is -5.00. The molecule has 0 bridgehead atoms. The fourth-order valence-corrected chi connectivity index (χ4v) is 4.35. The molecule has 0 saturated heterocycles. The predicted octanol–water partition coefficient (Wildman–Crippen LogP) is 5.78. The van der Waals surface area contributed by atoms with Gasteiger partial charge in [-0.1, -0.05) is 18.2 Å². The number of hydrogen-bond acceptors (Lipinski definition) is 3. The molecule has 11 heteroatoms. The number of carbonyl (C=O) groups is 1. The van der Waals surface area contributed by atoms with Gasteiger partial charge in [0.05, 0.1) is 5.56 Å². The lowest BCUT2D eigenvalue weighted by Crippen LogP contribution is -2.43. The van der Waals surface area contributed by atoms with Crippen LogP contribution in [0.15, 0.2) is 42.6 Å². The van der Waals surface area contributed by atoms with Gasteiger partial charge in [0.1, 0.15) is 11.4 Å². The number of anilines is 1. The van der Waals surface area contributed by atoms with Crippen molar-refractivity contribution in [1.82, 2.24) is 15.3 Å². The first-order valence-electron chi connectivity index (χ1n) is 10.7. The van der Waals surface area contributed by atoms with Crippen molar-refractivity contribution in [3.8, 4) is 0 Å². The molecule has 0 atom stereocenters. The average molecular weight is 484 g/mol. The van der Waals surface area contributed by atoms with Crippen molar-refractivity contribution in [2.75, 3.05) is 11.9 Å². The summed E-state index contributed by atoms with van der Waals surface area (Å²) in [5, 5.41) is 3.78. The highest BCUT2D eigenvalue weighted by molar-refractivity contribution is 6.06. The smallest absolute Gasteiger partial charge is 0.371 e. The van der Waals surface area contributed by atoms with Gasteiger partial charge in [0.25, 0.3) is 5.91 Å². The van der Waals surface area contributed by atoms with Gasteiger partial charge in [-0.2, -0.15) is 26.3 Å². The lowest BCUT2D eigenvalue weighted by Gasteiger charge is -2.36. The second-order valence-corrected chi connectivity index (χ2v) is 8.43. The van der Waals surface area contributed by atoms with Crippen LogP contribution in [0.1, 0.15) is 47.4 Å². The molecule has 0 radical (unpaired) electrons. The number of alkyl halides is 6. The largest absolute Gasteiger partial charge is 0.433 e. The molecule has 0 aliphatic heterocycles. The van der Waals surface area contributed by atoms with Gasteiger partial charge in [0.15, 0.2) is 0 Å². The number of para-hydroxylation sites is 1. The Morgan fingerprint density at radius 2 is 1.59 bits per heavy atom. The molecule has 3 aromatic rings. The number of halogens is 6. The molecule has 1 aliphatic carbocycles. The van der Waals surface area contributed by atoms with Crippen LogP contribution < -0.4 is 10.2 Å². The van der Waals surface area contributed by atoms with Crippen LogP contribution in [-0.4, -0.2) is 35.0 Å². The number of hydrogen-bond donors (Lipinski definition) is 2. The highest BCUT2D eigenvalue weighted by Gasteiger charge is 2.39. The number of amides is 1. The highest BCUT2D eigenvalue weighted by Crippen LogP contribution is 2.37. The second kappa shape index (κ2) is 8.84. The molecule has 4 rings (SSSR count). The quantitative estimate of drug-likeness (QED) is 0.462. The van der Waals surface area contributed by atoms with Crippen LogP contribution in [0.25, 0.3) is 10.9 Å². The molecular formula is C23H22F6N4O. The minimum Gasteiger partial charge on any atom is -0.371 e. The number of H-pyrrole nitrogens is 1. The first-order chi connectivity index (χ1) is 15.9. The van der Waals surface area contributed by atoms with E-state index in [4.69, 9.17) is 0 Å². The second-order valence-electron chi connectivity index (χ2n) is 8.43. The van der Waals surface area contributed by atoms with Crippen molar-refractivity contribution in [2.45, 2.75) is 50.1 Å². The number of benzene rings is 1. The Labute approximate surface area is 191 Å². The summed E-state index contributed by atoms with van der Waals surface area (Å²) >= 11 is 0. The third-order valence-electron chi connectivity index (χ3n) is 6.21. The SMILES string of the molecule is CN(c1cc(C(F)(F)F)nc(C(F)(F)F)c1)[C@H]1CC[C@@H](NC(=O)c2c[nH]c3ccccc23)CC1. The van der Waals surface area contributed by atoms with Crippen LogP contribution >= 0.6 is 0 Å². The van der Waals surface area contributed by atoms with E-state index in [1.54, 1.807) is 6.20 Å². The van der Waals surface area contributed by atoms with Crippen LogP contribution in [0.4, 0.5) is 32.0 Å². The Bertz CT molecular complexity index is 1150. The first kappa shape index (κ1) is 23.9. The molecule has 2 aromatic heterocycles.